The maximum Gasteiger partial charge on any atom is 0.343 e. The van der Waals surface area contributed by atoms with Crippen LogP contribution in [0.3, 0.4) is 0 Å². The lowest BCUT2D eigenvalue weighted by Gasteiger charge is -2.40. The van der Waals surface area contributed by atoms with E-state index in [1.165, 1.54) is 0 Å². The van der Waals surface area contributed by atoms with Crippen molar-refractivity contribution in [2.75, 3.05) is 13.1 Å². The number of hydrogen-bond acceptors (Lipinski definition) is 4. The number of likely N-dealkylation sites (tertiary alicyclic amines) is 1. The molecule has 2 atom stereocenters. The van der Waals surface area contributed by atoms with E-state index in [9.17, 15) is 18.7 Å². The molecule has 2 aliphatic rings. The van der Waals surface area contributed by atoms with Gasteiger partial charge in [0.15, 0.2) is 5.60 Å². The monoisotopic (exact) mass is 338 g/mol. The van der Waals surface area contributed by atoms with Gasteiger partial charge in [-0.3, -0.25) is 5.41 Å². The maximum absolute atomic E-state index is 13.6. The Morgan fingerprint density at radius 1 is 1.38 bits per heavy atom. The predicted molar refractivity (Wildman–Crippen MR) is 82.9 cm³/mol. The SMILES string of the molecule is N=CN1CC(OC(=O)[C@](O)(c2ccccc2)[C@@H]2CCC(F)(F)C2)C1. The molecule has 0 radical (unpaired) electrons. The highest BCUT2D eigenvalue weighted by atomic mass is 19.3. The van der Waals surface area contributed by atoms with Crippen molar-refractivity contribution >= 4 is 12.3 Å². The van der Waals surface area contributed by atoms with E-state index in [0.717, 1.165) is 6.34 Å². The minimum absolute atomic E-state index is 0.0603. The van der Waals surface area contributed by atoms with E-state index in [0.29, 0.717) is 13.1 Å². The van der Waals surface area contributed by atoms with E-state index in [2.05, 4.69) is 0 Å². The third kappa shape index (κ3) is 3.00. The number of benzene rings is 1. The number of carbonyl (C=O) groups excluding carboxylic acids is 1. The van der Waals surface area contributed by atoms with Gasteiger partial charge in [0, 0.05) is 18.8 Å². The maximum atomic E-state index is 13.6. The largest absolute Gasteiger partial charge is 0.456 e. The molecule has 2 fully saturated rings. The fourth-order valence-corrected chi connectivity index (χ4v) is 3.41. The summed E-state index contributed by atoms with van der Waals surface area (Å²) in [7, 11) is 0. The van der Waals surface area contributed by atoms with Crippen molar-refractivity contribution in [3.63, 3.8) is 0 Å². The summed E-state index contributed by atoms with van der Waals surface area (Å²) in [6.07, 6.45) is -0.109. The van der Waals surface area contributed by atoms with Crippen LogP contribution in [0, 0.1) is 11.3 Å². The first-order valence-electron chi connectivity index (χ1n) is 7.96. The summed E-state index contributed by atoms with van der Waals surface area (Å²) in [6.45, 7) is 0.752. The number of esters is 1. The summed E-state index contributed by atoms with van der Waals surface area (Å²) in [5.74, 6) is -4.64. The van der Waals surface area contributed by atoms with Gasteiger partial charge >= 0.3 is 5.97 Å². The Labute approximate surface area is 138 Å². The summed E-state index contributed by atoms with van der Waals surface area (Å²) < 4.78 is 32.6. The molecule has 1 aromatic rings. The smallest absolute Gasteiger partial charge is 0.343 e. The lowest BCUT2D eigenvalue weighted by molar-refractivity contribution is -0.185. The molecule has 0 amide bonds. The van der Waals surface area contributed by atoms with E-state index >= 15 is 0 Å². The standard InChI is InChI=1S/C17H20F2N2O3/c18-16(19)7-6-13(8-16)17(23,12-4-2-1-3-5-12)15(22)24-14-9-21(10-14)11-20/h1-5,11,13-14,20,23H,6-10H2/t13-,17+/m1/s1. The molecule has 1 aliphatic carbocycles. The molecule has 1 saturated carbocycles. The molecule has 1 aliphatic heterocycles. The number of alkyl halides is 2. The molecule has 1 heterocycles. The van der Waals surface area contributed by atoms with E-state index in [1.54, 1.807) is 35.2 Å². The van der Waals surface area contributed by atoms with Gasteiger partial charge in [-0.1, -0.05) is 30.3 Å². The van der Waals surface area contributed by atoms with Gasteiger partial charge in [0.25, 0.3) is 0 Å². The summed E-state index contributed by atoms with van der Waals surface area (Å²) in [6, 6.07) is 8.15. The van der Waals surface area contributed by atoms with Crippen LogP contribution >= 0.6 is 0 Å². The Bertz CT molecular complexity index is 620. The first kappa shape index (κ1) is 16.8. The minimum Gasteiger partial charge on any atom is -0.456 e. The molecule has 24 heavy (non-hydrogen) atoms. The Morgan fingerprint density at radius 2 is 2.04 bits per heavy atom. The van der Waals surface area contributed by atoms with Crippen LogP contribution in [0.25, 0.3) is 0 Å². The van der Waals surface area contributed by atoms with Gasteiger partial charge in [-0.25, -0.2) is 13.6 Å². The van der Waals surface area contributed by atoms with Gasteiger partial charge in [0.05, 0.1) is 19.4 Å². The fourth-order valence-electron chi connectivity index (χ4n) is 3.41. The molecule has 130 valence electrons. The van der Waals surface area contributed by atoms with Crippen LogP contribution in [0.1, 0.15) is 24.8 Å². The normalized spacial score (nSPS) is 25.6. The molecule has 0 unspecified atom stereocenters. The van der Waals surface area contributed by atoms with E-state index < -0.39 is 35.9 Å². The highest BCUT2D eigenvalue weighted by molar-refractivity contribution is 5.82. The van der Waals surface area contributed by atoms with Crippen molar-refractivity contribution in [1.29, 1.82) is 5.41 Å². The second-order valence-electron chi connectivity index (χ2n) is 6.54. The fraction of sp³-hybridized carbons (Fsp3) is 0.529. The average molecular weight is 338 g/mol. The third-order valence-corrected chi connectivity index (χ3v) is 4.85. The molecule has 1 aromatic carbocycles. The van der Waals surface area contributed by atoms with Gasteiger partial charge in [0.1, 0.15) is 6.10 Å². The second kappa shape index (κ2) is 6.12. The lowest BCUT2D eigenvalue weighted by Crippen LogP contribution is -2.55. The van der Waals surface area contributed by atoms with Crippen LogP contribution in [-0.4, -0.2) is 47.4 Å². The molecular weight excluding hydrogens is 318 g/mol. The first-order valence-corrected chi connectivity index (χ1v) is 7.96. The van der Waals surface area contributed by atoms with Gasteiger partial charge in [-0.2, -0.15) is 0 Å². The lowest BCUT2D eigenvalue weighted by atomic mass is 9.80. The topological polar surface area (TPSA) is 73.6 Å². The number of nitrogens with zero attached hydrogens (tertiary/aromatic N) is 1. The Balaban J connectivity index is 1.82. The van der Waals surface area contributed by atoms with Crippen LogP contribution in [-0.2, 0) is 15.1 Å². The summed E-state index contributed by atoms with van der Waals surface area (Å²) in [5.41, 5.74) is -1.80. The van der Waals surface area contributed by atoms with Crippen LogP contribution < -0.4 is 0 Å². The van der Waals surface area contributed by atoms with Crippen LogP contribution in [0.15, 0.2) is 30.3 Å². The number of aliphatic hydroxyl groups is 1. The summed E-state index contributed by atoms with van der Waals surface area (Å²) in [4.78, 5) is 14.3. The van der Waals surface area contributed by atoms with Gasteiger partial charge in [-0.05, 0) is 12.0 Å². The zero-order chi connectivity index (χ0) is 17.4. The van der Waals surface area contributed by atoms with Crippen molar-refractivity contribution in [1.82, 2.24) is 4.90 Å². The van der Waals surface area contributed by atoms with Gasteiger partial charge in [-0.15, -0.1) is 0 Å². The summed E-state index contributed by atoms with van der Waals surface area (Å²) in [5, 5.41) is 18.2. The Hall–Kier alpha value is -2.02. The molecule has 1 saturated heterocycles. The molecule has 2 N–H and O–H groups in total. The van der Waals surface area contributed by atoms with Crippen molar-refractivity contribution in [2.24, 2.45) is 5.92 Å². The Morgan fingerprint density at radius 3 is 2.58 bits per heavy atom. The van der Waals surface area contributed by atoms with E-state index in [-0.39, 0.29) is 18.4 Å². The van der Waals surface area contributed by atoms with Crippen molar-refractivity contribution in [3.05, 3.63) is 35.9 Å². The number of rotatable bonds is 5. The van der Waals surface area contributed by atoms with Crippen molar-refractivity contribution < 1.29 is 23.4 Å². The number of ether oxygens (including phenoxy) is 1. The molecule has 3 rings (SSSR count). The number of carbonyl (C=O) groups is 1. The first-order chi connectivity index (χ1) is 11.3. The zero-order valence-corrected chi connectivity index (χ0v) is 13.1. The third-order valence-electron chi connectivity index (χ3n) is 4.85. The van der Waals surface area contributed by atoms with Crippen molar-refractivity contribution in [2.45, 2.75) is 36.9 Å². The highest BCUT2D eigenvalue weighted by Gasteiger charge is 2.55. The second-order valence-corrected chi connectivity index (χ2v) is 6.54. The number of halogens is 2. The van der Waals surface area contributed by atoms with Crippen LogP contribution in [0.5, 0.6) is 0 Å². The predicted octanol–water partition coefficient (Wildman–Crippen LogP) is 2.14. The molecular formula is C17H20F2N2O3. The number of nitrogens with one attached hydrogen (secondary N) is 1. The van der Waals surface area contributed by atoms with Gasteiger partial charge < -0.3 is 14.7 Å². The molecule has 5 nitrogen and oxygen atoms in total. The Kier molecular flexibility index (Phi) is 4.29. The quantitative estimate of drug-likeness (QED) is 0.490. The van der Waals surface area contributed by atoms with E-state index in [4.69, 9.17) is 10.1 Å². The summed E-state index contributed by atoms with van der Waals surface area (Å²) >= 11 is 0. The molecule has 0 aromatic heterocycles. The minimum atomic E-state index is -2.87. The molecule has 0 bridgehead atoms. The van der Waals surface area contributed by atoms with Crippen molar-refractivity contribution in [3.8, 4) is 0 Å². The zero-order valence-electron chi connectivity index (χ0n) is 13.1. The molecule has 0 spiro atoms. The van der Waals surface area contributed by atoms with Crippen LogP contribution in [0.2, 0.25) is 0 Å². The van der Waals surface area contributed by atoms with E-state index in [1.807, 2.05) is 0 Å². The van der Waals surface area contributed by atoms with Gasteiger partial charge in [0.2, 0.25) is 5.92 Å². The number of hydrogen-bond donors (Lipinski definition) is 2. The molecule has 7 heteroatoms. The average Bonchev–Trinajstić information content (AvgIpc) is 2.90. The highest BCUT2D eigenvalue weighted by Crippen LogP contribution is 2.48. The van der Waals surface area contributed by atoms with Crippen LogP contribution in [0.4, 0.5) is 8.78 Å².